The van der Waals surface area contributed by atoms with Gasteiger partial charge in [0.05, 0.1) is 19.8 Å². The summed E-state index contributed by atoms with van der Waals surface area (Å²) in [5, 5.41) is 0. The largest absolute Gasteiger partial charge is 0.508 e. The molecule has 0 bridgehead atoms. The fraction of sp³-hybridized carbons (Fsp3) is 0.714. The predicted molar refractivity (Wildman–Crippen MR) is 72.5 cm³/mol. The molecule has 2 saturated heterocycles. The van der Waals surface area contributed by atoms with E-state index < -0.39 is 12.3 Å². The minimum Gasteiger partial charge on any atom is -0.430 e. The molecular weight excluding hydrogens is 296 g/mol. The molecule has 2 unspecified atom stereocenters. The molecule has 0 amide bonds. The van der Waals surface area contributed by atoms with Crippen LogP contribution in [0.25, 0.3) is 0 Å². The Labute approximate surface area is 128 Å². The van der Waals surface area contributed by atoms with Crippen molar-refractivity contribution in [2.45, 2.75) is 25.0 Å². The van der Waals surface area contributed by atoms with Gasteiger partial charge >= 0.3 is 12.3 Å². The molecule has 0 aliphatic carbocycles. The van der Waals surface area contributed by atoms with E-state index in [4.69, 9.17) is 18.9 Å². The van der Waals surface area contributed by atoms with Crippen LogP contribution in [0.1, 0.15) is 12.8 Å². The highest BCUT2D eigenvalue weighted by atomic mass is 16.8. The van der Waals surface area contributed by atoms with Crippen LogP contribution < -0.4 is 0 Å². The molecule has 0 aromatic heterocycles. The van der Waals surface area contributed by atoms with E-state index in [2.05, 4.69) is 9.47 Å². The molecule has 0 saturated carbocycles. The molecule has 0 radical (unpaired) electrons. The van der Waals surface area contributed by atoms with E-state index in [0.29, 0.717) is 26.4 Å². The van der Waals surface area contributed by atoms with Gasteiger partial charge in [-0.3, -0.25) is 0 Å². The monoisotopic (exact) mass is 316 g/mol. The highest BCUT2D eigenvalue weighted by Gasteiger charge is 2.25. The lowest BCUT2D eigenvalue weighted by atomic mass is 10.3. The van der Waals surface area contributed by atoms with Crippen molar-refractivity contribution >= 4 is 12.3 Å². The van der Waals surface area contributed by atoms with Gasteiger partial charge in [-0.25, -0.2) is 9.59 Å². The number of carbonyl (C=O) groups excluding carboxylic acids is 2. The highest BCUT2D eigenvalue weighted by molar-refractivity contribution is 5.62. The number of hydrogen-bond donors (Lipinski definition) is 0. The summed E-state index contributed by atoms with van der Waals surface area (Å²) in [6.45, 7) is 2.26. The topological polar surface area (TPSA) is 89.5 Å². The van der Waals surface area contributed by atoms with E-state index in [1.54, 1.807) is 0 Å². The Hall–Kier alpha value is -1.80. The number of cyclic esters (lactones) is 4. The maximum absolute atomic E-state index is 10.7. The number of hydrogen-bond acceptors (Lipinski definition) is 8. The maximum atomic E-state index is 10.7. The zero-order chi connectivity index (χ0) is 15.6. The molecule has 0 aromatic carbocycles. The molecule has 2 aliphatic rings. The molecule has 0 spiro atoms. The molecule has 2 heterocycles. The average molecular weight is 316 g/mol. The average Bonchev–Trinajstić information content (AvgIpc) is 3.09. The maximum Gasteiger partial charge on any atom is 0.508 e. The number of allylic oxidation sites excluding steroid dienone is 1. The minimum atomic E-state index is -0.636. The van der Waals surface area contributed by atoms with Gasteiger partial charge in [0.15, 0.2) is 12.2 Å². The van der Waals surface area contributed by atoms with E-state index in [0.717, 1.165) is 12.8 Å². The second kappa shape index (κ2) is 9.26. The lowest BCUT2D eigenvalue weighted by molar-refractivity contribution is 0.0452. The van der Waals surface area contributed by atoms with Gasteiger partial charge in [-0.1, -0.05) is 12.2 Å². The molecule has 22 heavy (non-hydrogen) atoms. The standard InChI is InChI=1S/C14H20O8/c15-13-19-9-11(21-13)7-17-5-3-1-2-4-6-18-8-12-10-20-14(16)22-12/h1,3,11-12H,2,4-10H2/b3-1+. The highest BCUT2D eigenvalue weighted by Crippen LogP contribution is 2.07. The van der Waals surface area contributed by atoms with Crippen molar-refractivity contribution in [1.29, 1.82) is 0 Å². The van der Waals surface area contributed by atoms with Crippen molar-refractivity contribution in [2.24, 2.45) is 0 Å². The first kappa shape index (κ1) is 16.6. The SMILES string of the molecule is O=C1OCC(COC/C=C/CCCOCC2COC(=O)O2)O1. The van der Waals surface area contributed by atoms with Crippen molar-refractivity contribution in [3.63, 3.8) is 0 Å². The third-order valence-corrected chi connectivity index (χ3v) is 2.95. The van der Waals surface area contributed by atoms with Crippen LogP contribution in [-0.4, -0.2) is 64.2 Å². The summed E-state index contributed by atoms with van der Waals surface area (Å²) in [7, 11) is 0. The Bertz CT molecular complexity index is 394. The summed E-state index contributed by atoms with van der Waals surface area (Å²) >= 11 is 0. The summed E-state index contributed by atoms with van der Waals surface area (Å²) in [5.41, 5.74) is 0. The summed E-state index contributed by atoms with van der Waals surface area (Å²) in [6, 6.07) is 0. The van der Waals surface area contributed by atoms with Crippen molar-refractivity contribution in [2.75, 3.05) is 39.6 Å². The lowest BCUT2D eigenvalue weighted by Gasteiger charge is -2.06. The van der Waals surface area contributed by atoms with Crippen molar-refractivity contribution in [3.8, 4) is 0 Å². The Morgan fingerprint density at radius 3 is 2.18 bits per heavy atom. The van der Waals surface area contributed by atoms with Crippen LogP contribution in [-0.2, 0) is 28.4 Å². The van der Waals surface area contributed by atoms with E-state index >= 15 is 0 Å². The molecule has 0 aromatic rings. The fourth-order valence-electron chi connectivity index (χ4n) is 1.87. The fourth-order valence-corrected chi connectivity index (χ4v) is 1.87. The van der Waals surface area contributed by atoms with Gasteiger partial charge in [0.2, 0.25) is 0 Å². The molecular formula is C14H20O8. The zero-order valence-electron chi connectivity index (χ0n) is 12.2. The van der Waals surface area contributed by atoms with Crippen molar-refractivity contribution in [1.82, 2.24) is 0 Å². The first-order valence-electron chi connectivity index (χ1n) is 7.21. The molecule has 2 rings (SSSR count). The van der Waals surface area contributed by atoms with Gasteiger partial charge in [0.25, 0.3) is 0 Å². The van der Waals surface area contributed by atoms with E-state index in [1.807, 2.05) is 12.2 Å². The Morgan fingerprint density at radius 1 is 0.955 bits per heavy atom. The quantitative estimate of drug-likeness (QED) is 0.340. The molecule has 2 atom stereocenters. The van der Waals surface area contributed by atoms with Gasteiger partial charge in [-0.2, -0.15) is 0 Å². The van der Waals surface area contributed by atoms with E-state index in [-0.39, 0.29) is 25.4 Å². The van der Waals surface area contributed by atoms with Crippen molar-refractivity contribution < 1.29 is 38.0 Å². The van der Waals surface area contributed by atoms with Crippen LogP contribution in [0, 0.1) is 0 Å². The normalized spacial score (nSPS) is 24.2. The van der Waals surface area contributed by atoms with E-state index in [1.165, 1.54) is 0 Å². The van der Waals surface area contributed by atoms with Crippen LogP contribution in [0.4, 0.5) is 9.59 Å². The second-order valence-corrected chi connectivity index (χ2v) is 4.83. The Balaban J connectivity index is 1.36. The van der Waals surface area contributed by atoms with Gasteiger partial charge in [-0.05, 0) is 12.8 Å². The molecule has 0 N–H and O–H groups in total. The van der Waals surface area contributed by atoms with Gasteiger partial charge in [0, 0.05) is 6.61 Å². The summed E-state index contributed by atoms with van der Waals surface area (Å²) in [4.78, 5) is 21.3. The summed E-state index contributed by atoms with van der Waals surface area (Å²) in [6.07, 6.45) is 3.79. The first-order valence-corrected chi connectivity index (χ1v) is 7.21. The van der Waals surface area contributed by atoms with Crippen LogP contribution in [0.2, 0.25) is 0 Å². The predicted octanol–water partition coefficient (Wildman–Crippen LogP) is 1.43. The first-order chi connectivity index (χ1) is 10.7. The van der Waals surface area contributed by atoms with E-state index in [9.17, 15) is 9.59 Å². The third-order valence-electron chi connectivity index (χ3n) is 2.95. The molecule has 2 aliphatic heterocycles. The van der Waals surface area contributed by atoms with Crippen LogP contribution >= 0.6 is 0 Å². The summed E-state index contributed by atoms with van der Waals surface area (Å²) in [5.74, 6) is 0. The van der Waals surface area contributed by atoms with Gasteiger partial charge in [-0.15, -0.1) is 0 Å². The number of rotatable bonds is 10. The van der Waals surface area contributed by atoms with Crippen LogP contribution in [0.15, 0.2) is 12.2 Å². The zero-order valence-corrected chi connectivity index (χ0v) is 12.2. The van der Waals surface area contributed by atoms with Crippen LogP contribution in [0.3, 0.4) is 0 Å². The second-order valence-electron chi connectivity index (χ2n) is 4.83. The van der Waals surface area contributed by atoms with Crippen molar-refractivity contribution in [3.05, 3.63) is 12.2 Å². The number of unbranched alkanes of at least 4 members (excludes halogenated alkanes) is 1. The third kappa shape index (κ3) is 6.31. The molecule has 8 heteroatoms. The lowest BCUT2D eigenvalue weighted by Crippen LogP contribution is -2.18. The minimum absolute atomic E-state index is 0.251. The Kier molecular flexibility index (Phi) is 6.98. The Morgan fingerprint density at radius 2 is 1.59 bits per heavy atom. The number of ether oxygens (including phenoxy) is 6. The molecule has 8 nitrogen and oxygen atoms in total. The smallest absolute Gasteiger partial charge is 0.430 e. The number of carbonyl (C=O) groups is 2. The van der Waals surface area contributed by atoms with Gasteiger partial charge in [0.1, 0.15) is 13.2 Å². The molecule has 2 fully saturated rings. The summed E-state index contributed by atoms with van der Waals surface area (Å²) < 4.78 is 29.6. The molecule has 124 valence electrons. The van der Waals surface area contributed by atoms with Crippen LogP contribution in [0.5, 0.6) is 0 Å². The van der Waals surface area contributed by atoms with Gasteiger partial charge < -0.3 is 28.4 Å².